The molecule has 0 aliphatic carbocycles. The minimum Gasteiger partial charge on any atom is -0.444 e. The van der Waals surface area contributed by atoms with Crippen molar-refractivity contribution in [1.29, 1.82) is 0 Å². The second-order valence-corrected chi connectivity index (χ2v) is 13.2. The van der Waals surface area contributed by atoms with Gasteiger partial charge in [0.15, 0.2) is 0 Å². The SMILES string of the molecule is CC(C)(C)OC(=O)Nc1ccc(C(=O)Nc2ccc(C(=O)Nc3ccc([N+](C)(C)CCCCS(=O)(=O)O)cc3)cc2)cc1. The molecule has 3 amide bonds. The number of carbonyl (C=O) groups excluding carboxylic acids is 3. The molecule has 0 atom stereocenters. The highest BCUT2D eigenvalue weighted by molar-refractivity contribution is 7.85. The van der Waals surface area contributed by atoms with E-state index in [1.807, 2.05) is 26.2 Å². The van der Waals surface area contributed by atoms with E-state index in [9.17, 15) is 22.8 Å². The molecule has 0 heterocycles. The Bertz CT molecular complexity index is 1530. The molecule has 0 aromatic heterocycles. The number of hydrogen-bond acceptors (Lipinski definition) is 6. The van der Waals surface area contributed by atoms with Gasteiger partial charge in [-0.1, -0.05) is 0 Å². The van der Waals surface area contributed by atoms with E-state index in [2.05, 4.69) is 16.0 Å². The number of quaternary nitrogens is 1. The van der Waals surface area contributed by atoms with Crippen molar-refractivity contribution in [3.8, 4) is 0 Å². The average Bonchev–Trinajstić information content (AvgIpc) is 2.90. The van der Waals surface area contributed by atoms with Crippen molar-refractivity contribution in [2.45, 2.75) is 39.2 Å². The molecule has 0 saturated heterocycles. The molecule has 0 unspecified atom stereocenters. The van der Waals surface area contributed by atoms with Gasteiger partial charge in [0.05, 0.1) is 26.4 Å². The van der Waals surface area contributed by atoms with Crippen molar-refractivity contribution in [1.82, 2.24) is 4.48 Å². The summed E-state index contributed by atoms with van der Waals surface area (Å²) in [6, 6.07) is 20.3. The summed E-state index contributed by atoms with van der Waals surface area (Å²) in [5.74, 6) is -0.908. The van der Waals surface area contributed by atoms with Gasteiger partial charge in [0.25, 0.3) is 21.9 Å². The number of nitrogens with one attached hydrogen (secondary N) is 3. The molecule has 11 nitrogen and oxygen atoms in total. The molecule has 0 radical (unpaired) electrons. The van der Waals surface area contributed by atoms with Gasteiger partial charge in [-0.25, -0.2) is 4.79 Å². The summed E-state index contributed by atoms with van der Waals surface area (Å²) < 4.78 is 36.5. The standard InChI is InChI=1S/C31H38N4O7S/c1-31(2,3)42-30(38)34-26-14-10-23(11-15-26)28(36)32-24-12-8-22(9-13-24)29(37)33-25-16-18-27(19-17-25)35(4,5)20-6-7-21-43(39,40)41/h8-19H,6-7,20-21H2,1-5H3,(H3-,32,33,34,36,37,38,39,40,41)/p+1. The molecule has 0 fully saturated rings. The molecule has 3 rings (SSSR count). The molecule has 3 aromatic rings. The van der Waals surface area contributed by atoms with Gasteiger partial charge in [-0.3, -0.25) is 23.9 Å². The molecule has 0 aliphatic heterocycles. The maximum absolute atomic E-state index is 12.8. The van der Waals surface area contributed by atoms with Gasteiger partial charge in [0.2, 0.25) is 0 Å². The van der Waals surface area contributed by atoms with E-state index in [-0.39, 0.29) is 17.6 Å². The Kier molecular flexibility index (Phi) is 10.7. The van der Waals surface area contributed by atoms with E-state index >= 15 is 0 Å². The summed E-state index contributed by atoms with van der Waals surface area (Å²) >= 11 is 0. The normalized spacial score (nSPS) is 11.9. The Hall–Kier alpha value is -4.26. The number of carbonyl (C=O) groups is 3. The lowest BCUT2D eigenvalue weighted by molar-refractivity contribution is 0.0635. The van der Waals surface area contributed by atoms with Crippen LogP contribution >= 0.6 is 0 Å². The van der Waals surface area contributed by atoms with Crippen molar-refractivity contribution in [2.75, 3.05) is 42.3 Å². The van der Waals surface area contributed by atoms with Crippen LogP contribution in [0.4, 0.5) is 27.5 Å². The molecule has 3 aromatic carbocycles. The van der Waals surface area contributed by atoms with Crippen LogP contribution in [0.15, 0.2) is 72.8 Å². The van der Waals surface area contributed by atoms with Gasteiger partial charge >= 0.3 is 6.09 Å². The molecule has 230 valence electrons. The minimum atomic E-state index is -3.95. The van der Waals surface area contributed by atoms with E-state index < -0.39 is 21.8 Å². The number of hydrogen-bond donors (Lipinski definition) is 4. The highest BCUT2D eigenvalue weighted by Crippen LogP contribution is 2.23. The van der Waals surface area contributed by atoms with E-state index in [4.69, 9.17) is 9.29 Å². The van der Waals surface area contributed by atoms with Crippen molar-refractivity contribution in [3.05, 3.63) is 83.9 Å². The highest BCUT2D eigenvalue weighted by Gasteiger charge is 2.20. The minimum absolute atomic E-state index is 0.254. The molecule has 0 aliphatic rings. The monoisotopic (exact) mass is 611 g/mol. The number of rotatable bonds is 11. The molecule has 0 bridgehead atoms. The van der Waals surface area contributed by atoms with Crippen molar-refractivity contribution < 1.29 is 32.1 Å². The number of nitrogens with zero attached hydrogens (tertiary/aromatic N) is 1. The second kappa shape index (κ2) is 13.8. The number of benzene rings is 3. The van der Waals surface area contributed by atoms with Crippen LogP contribution in [0, 0.1) is 0 Å². The quantitative estimate of drug-likeness (QED) is 0.122. The smallest absolute Gasteiger partial charge is 0.412 e. The van der Waals surface area contributed by atoms with Crippen LogP contribution < -0.4 is 20.4 Å². The number of unbranched alkanes of at least 4 members (excludes halogenated alkanes) is 1. The number of ether oxygens (including phenoxy) is 1. The zero-order valence-electron chi connectivity index (χ0n) is 25.0. The molecule has 0 spiro atoms. The fourth-order valence-corrected chi connectivity index (χ4v) is 4.68. The van der Waals surface area contributed by atoms with Gasteiger partial charge < -0.3 is 15.4 Å². The zero-order valence-corrected chi connectivity index (χ0v) is 25.8. The van der Waals surface area contributed by atoms with Gasteiger partial charge in [-0.05, 0) is 94.3 Å². The number of anilines is 3. The first-order valence-corrected chi connectivity index (χ1v) is 15.3. The van der Waals surface area contributed by atoms with Crippen LogP contribution in [0.2, 0.25) is 0 Å². The van der Waals surface area contributed by atoms with E-state index in [1.165, 1.54) is 0 Å². The third-order valence-corrected chi connectivity index (χ3v) is 7.20. The molecule has 0 saturated carbocycles. The van der Waals surface area contributed by atoms with Crippen LogP contribution in [-0.4, -0.2) is 62.9 Å². The first-order valence-electron chi connectivity index (χ1n) is 13.7. The molecular formula is C31H39N4O7S+. The molecule has 4 N–H and O–H groups in total. The largest absolute Gasteiger partial charge is 0.444 e. The van der Waals surface area contributed by atoms with E-state index in [1.54, 1.807) is 81.4 Å². The van der Waals surface area contributed by atoms with Gasteiger partial charge in [-0.15, -0.1) is 0 Å². The van der Waals surface area contributed by atoms with Crippen molar-refractivity contribution in [2.24, 2.45) is 0 Å². The first kappa shape index (κ1) is 33.2. The average molecular weight is 612 g/mol. The highest BCUT2D eigenvalue weighted by atomic mass is 32.2. The Morgan fingerprint density at radius 1 is 0.721 bits per heavy atom. The Balaban J connectivity index is 1.51. The van der Waals surface area contributed by atoms with E-state index in [0.29, 0.717) is 52.1 Å². The molecular weight excluding hydrogens is 572 g/mol. The fourth-order valence-electron chi connectivity index (χ4n) is 4.11. The Morgan fingerprint density at radius 3 is 1.56 bits per heavy atom. The van der Waals surface area contributed by atoms with Crippen molar-refractivity contribution >= 4 is 50.8 Å². The third kappa shape index (κ3) is 11.2. The van der Waals surface area contributed by atoms with Gasteiger partial charge in [0.1, 0.15) is 11.3 Å². The van der Waals surface area contributed by atoms with Crippen LogP contribution in [0.3, 0.4) is 0 Å². The summed E-state index contributed by atoms with van der Waals surface area (Å²) in [4.78, 5) is 37.4. The third-order valence-electron chi connectivity index (χ3n) is 6.39. The topological polar surface area (TPSA) is 151 Å². The summed E-state index contributed by atoms with van der Waals surface area (Å²) in [5, 5.41) is 8.26. The van der Waals surface area contributed by atoms with Crippen LogP contribution in [0.1, 0.15) is 54.3 Å². The molecule has 12 heteroatoms. The van der Waals surface area contributed by atoms with Gasteiger partial charge in [-0.2, -0.15) is 8.42 Å². The maximum atomic E-state index is 12.8. The summed E-state index contributed by atoms with van der Waals surface area (Å²) in [7, 11) is 0.0465. The Labute approximate surface area is 252 Å². The first-order chi connectivity index (χ1) is 20.0. The van der Waals surface area contributed by atoms with Crippen molar-refractivity contribution in [3.63, 3.8) is 0 Å². The second-order valence-electron chi connectivity index (χ2n) is 11.6. The Morgan fingerprint density at radius 2 is 1.14 bits per heavy atom. The van der Waals surface area contributed by atoms with Crippen LogP contribution in [0.5, 0.6) is 0 Å². The van der Waals surface area contributed by atoms with Gasteiger partial charge in [0, 0.05) is 40.3 Å². The molecule has 43 heavy (non-hydrogen) atoms. The van der Waals surface area contributed by atoms with Crippen LogP contribution in [-0.2, 0) is 14.9 Å². The lowest BCUT2D eigenvalue weighted by Gasteiger charge is -2.29. The summed E-state index contributed by atoms with van der Waals surface area (Å²) in [6.07, 6.45) is 0.415. The zero-order chi connectivity index (χ0) is 31.8. The van der Waals surface area contributed by atoms with Crippen LogP contribution in [0.25, 0.3) is 0 Å². The predicted molar refractivity (Wildman–Crippen MR) is 169 cm³/mol. The summed E-state index contributed by atoms with van der Waals surface area (Å²) in [5.41, 5.74) is 2.78. The fraction of sp³-hybridized carbons (Fsp3) is 0.323. The number of amides is 3. The summed E-state index contributed by atoms with van der Waals surface area (Å²) in [6.45, 7) is 5.99. The lowest BCUT2D eigenvalue weighted by Crippen LogP contribution is -2.41. The lowest BCUT2D eigenvalue weighted by atomic mass is 10.1. The maximum Gasteiger partial charge on any atom is 0.412 e. The van der Waals surface area contributed by atoms with E-state index in [0.717, 1.165) is 5.69 Å². The predicted octanol–water partition coefficient (Wildman–Crippen LogP) is 5.77.